The highest BCUT2D eigenvalue weighted by Gasteiger charge is 2.24. The summed E-state index contributed by atoms with van der Waals surface area (Å²) in [5.74, 6) is -0.240. The number of anilines is 1. The Morgan fingerprint density at radius 1 is 1.37 bits per heavy atom. The van der Waals surface area contributed by atoms with Crippen LogP contribution in [0.25, 0.3) is 0 Å². The molecule has 0 spiro atoms. The van der Waals surface area contributed by atoms with Gasteiger partial charge in [0, 0.05) is 17.6 Å². The van der Waals surface area contributed by atoms with Gasteiger partial charge in [0.25, 0.3) is 0 Å². The number of rotatable bonds is 3. The molecule has 0 aliphatic rings. The minimum absolute atomic E-state index is 0.240. The number of hydrogen-bond donors (Lipinski definition) is 2. The van der Waals surface area contributed by atoms with E-state index in [0.29, 0.717) is 13.1 Å². The van der Waals surface area contributed by atoms with Crippen molar-refractivity contribution in [3.8, 4) is 0 Å². The molecular formula is C13H19BrN4O. The number of aryl methyl sites for hydroxylation is 1. The zero-order valence-corrected chi connectivity index (χ0v) is 13.0. The summed E-state index contributed by atoms with van der Waals surface area (Å²) in [4.78, 5) is 15.3. The van der Waals surface area contributed by atoms with Crippen LogP contribution in [0.1, 0.15) is 19.4 Å². The van der Waals surface area contributed by atoms with Gasteiger partial charge < -0.3 is 5.73 Å². The van der Waals surface area contributed by atoms with Gasteiger partial charge in [0.1, 0.15) is 0 Å². The quantitative estimate of drug-likeness (QED) is 0.662. The number of carbonyl (C=O) groups excluding carboxylic acids is 1. The topological polar surface area (TPSA) is 73.4 Å². The second-order valence-electron chi connectivity index (χ2n) is 4.06. The third-order valence-corrected chi connectivity index (χ3v) is 3.48. The van der Waals surface area contributed by atoms with Crippen molar-refractivity contribution in [2.45, 2.75) is 20.8 Å². The Labute approximate surface area is 122 Å². The van der Waals surface area contributed by atoms with E-state index in [2.05, 4.69) is 15.9 Å². The summed E-state index contributed by atoms with van der Waals surface area (Å²) >= 11 is 3.47. The zero-order chi connectivity index (χ0) is 14.6. The standard InChI is InChI=1S/C13H19BrN4O/c1-4-17(13(19)18(5-2)12(15)16)11-9(3)7-6-8-10(11)14/h6-8H,4-5H2,1-3H3,(H3,15,16). The van der Waals surface area contributed by atoms with Crippen molar-refractivity contribution < 1.29 is 4.79 Å². The molecule has 104 valence electrons. The average molecular weight is 327 g/mol. The van der Waals surface area contributed by atoms with Crippen LogP contribution in [0.3, 0.4) is 0 Å². The molecule has 0 fully saturated rings. The predicted octanol–water partition coefficient (Wildman–Crippen LogP) is 2.92. The number of halogens is 1. The second-order valence-corrected chi connectivity index (χ2v) is 4.92. The summed E-state index contributed by atoms with van der Waals surface area (Å²) in [5, 5.41) is 7.46. The highest BCUT2D eigenvalue weighted by atomic mass is 79.9. The Morgan fingerprint density at radius 2 is 2.00 bits per heavy atom. The molecule has 1 aromatic carbocycles. The van der Waals surface area contributed by atoms with Crippen molar-refractivity contribution in [1.29, 1.82) is 5.41 Å². The Morgan fingerprint density at radius 3 is 2.42 bits per heavy atom. The van der Waals surface area contributed by atoms with E-state index < -0.39 is 0 Å². The summed E-state index contributed by atoms with van der Waals surface area (Å²) in [5.41, 5.74) is 7.25. The molecule has 0 aliphatic heterocycles. The Kier molecular flexibility index (Phi) is 5.35. The lowest BCUT2D eigenvalue weighted by molar-refractivity contribution is 0.228. The third-order valence-electron chi connectivity index (χ3n) is 2.84. The van der Waals surface area contributed by atoms with Gasteiger partial charge in [0.05, 0.1) is 5.69 Å². The van der Waals surface area contributed by atoms with E-state index in [1.165, 1.54) is 4.90 Å². The van der Waals surface area contributed by atoms with E-state index >= 15 is 0 Å². The van der Waals surface area contributed by atoms with E-state index in [1.807, 2.05) is 32.0 Å². The maximum atomic E-state index is 12.5. The molecule has 1 rings (SSSR count). The Balaban J connectivity index is 3.20. The van der Waals surface area contributed by atoms with Crippen LogP contribution < -0.4 is 10.6 Å². The van der Waals surface area contributed by atoms with Crippen molar-refractivity contribution in [2.24, 2.45) is 5.73 Å². The molecule has 0 aliphatic carbocycles. The molecular weight excluding hydrogens is 308 g/mol. The first kappa shape index (κ1) is 15.5. The van der Waals surface area contributed by atoms with Gasteiger partial charge in [-0.15, -0.1) is 0 Å². The SMILES string of the molecule is CCN(C(=N)N)C(=O)N(CC)c1c(C)cccc1Br. The molecule has 2 amide bonds. The zero-order valence-electron chi connectivity index (χ0n) is 11.4. The van der Waals surface area contributed by atoms with E-state index in [0.717, 1.165) is 15.7 Å². The summed E-state index contributed by atoms with van der Waals surface area (Å²) in [7, 11) is 0. The fourth-order valence-electron chi connectivity index (χ4n) is 1.91. The summed E-state index contributed by atoms with van der Waals surface area (Å²) < 4.78 is 0.849. The number of guanidine groups is 1. The maximum Gasteiger partial charge on any atom is 0.331 e. The van der Waals surface area contributed by atoms with Gasteiger partial charge >= 0.3 is 6.03 Å². The minimum atomic E-state index is -0.285. The van der Waals surface area contributed by atoms with Crippen LogP contribution in [0, 0.1) is 12.3 Å². The van der Waals surface area contributed by atoms with Gasteiger partial charge in [0.15, 0.2) is 5.96 Å². The smallest absolute Gasteiger partial charge is 0.331 e. The van der Waals surface area contributed by atoms with Gasteiger partial charge in [-0.1, -0.05) is 12.1 Å². The van der Waals surface area contributed by atoms with E-state index in [1.54, 1.807) is 11.8 Å². The largest absolute Gasteiger partial charge is 0.370 e. The summed E-state index contributed by atoms with van der Waals surface area (Å²) in [6.45, 7) is 6.51. The second kappa shape index (κ2) is 6.56. The van der Waals surface area contributed by atoms with Gasteiger partial charge in [-0.2, -0.15) is 0 Å². The lowest BCUT2D eigenvalue weighted by Crippen LogP contribution is -2.49. The first-order valence-electron chi connectivity index (χ1n) is 6.12. The molecule has 0 bridgehead atoms. The van der Waals surface area contributed by atoms with Crippen molar-refractivity contribution in [3.63, 3.8) is 0 Å². The molecule has 0 heterocycles. The maximum absolute atomic E-state index is 12.5. The number of urea groups is 1. The number of benzene rings is 1. The first-order valence-corrected chi connectivity index (χ1v) is 6.91. The van der Waals surface area contributed by atoms with Crippen molar-refractivity contribution in [1.82, 2.24) is 4.90 Å². The predicted molar refractivity (Wildman–Crippen MR) is 81.6 cm³/mol. The number of hydrogen-bond acceptors (Lipinski definition) is 2. The number of amides is 2. The molecule has 0 radical (unpaired) electrons. The lowest BCUT2D eigenvalue weighted by Gasteiger charge is -2.29. The molecule has 0 saturated carbocycles. The van der Waals surface area contributed by atoms with Crippen LogP contribution in [0.5, 0.6) is 0 Å². The van der Waals surface area contributed by atoms with Gasteiger partial charge in [-0.25, -0.2) is 4.79 Å². The van der Waals surface area contributed by atoms with Crippen molar-refractivity contribution in [3.05, 3.63) is 28.2 Å². The number of carbonyl (C=O) groups is 1. The van der Waals surface area contributed by atoms with E-state index in [4.69, 9.17) is 11.1 Å². The van der Waals surface area contributed by atoms with Gasteiger partial charge in [0.2, 0.25) is 0 Å². The van der Waals surface area contributed by atoms with Crippen LogP contribution in [0.15, 0.2) is 22.7 Å². The average Bonchev–Trinajstić information content (AvgIpc) is 2.34. The molecule has 0 atom stereocenters. The van der Waals surface area contributed by atoms with Crippen LogP contribution in [0.4, 0.5) is 10.5 Å². The minimum Gasteiger partial charge on any atom is -0.370 e. The van der Waals surface area contributed by atoms with Crippen LogP contribution >= 0.6 is 15.9 Å². The number of para-hydroxylation sites is 1. The Hall–Kier alpha value is -1.56. The molecule has 0 unspecified atom stereocenters. The fraction of sp³-hybridized carbons (Fsp3) is 0.385. The molecule has 1 aromatic rings. The third kappa shape index (κ3) is 3.26. The van der Waals surface area contributed by atoms with Crippen LogP contribution in [-0.4, -0.2) is 30.0 Å². The molecule has 5 nitrogen and oxygen atoms in total. The normalized spacial score (nSPS) is 10.1. The highest BCUT2D eigenvalue weighted by molar-refractivity contribution is 9.10. The van der Waals surface area contributed by atoms with Crippen LogP contribution in [0.2, 0.25) is 0 Å². The van der Waals surface area contributed by atoms with E-state index in [9.17, 15) is 4.79 Å². The van der Waals surface area contributed by atoms with Gasteiger partial charge in [-0.3, -0.25) is 15.2 Å². The Bertz CT molecular complexity index is 469. The van der Waals surface area contributed by atoms with E-state index in [-0.39, 0.29) is 12.0 Å². The number of nitrogens with one attached hydrogen (secondary N) is 1. The summed E-state index contributed by atoms with van der Waals surface area (Å²) in [6.07, 6.45) is 0. The lowest BCUT2D eigenvalue weighted by atomic mass is 10.2. The van der Waals surface area contributed by atoms with Crippen molar-refractivity contribution >= 4 is 33.6 Å². The highest BCUT2D eigenvalue weighted by Crippen LogP contribution is 2.30. The van der Waals surface area contributed by atoms with Crippen molar-refractivity contribution in [2.75, 3.05) is 18.0 Å². The molecule has 0 saturated heterocycles. The fourth-order valence-corrected chi connectivity index (χ4v) is 2.59. The van der Waals surface area contributed by atoms with Crippen LogP contribution in [-0.2, 0) is 0 Å². The summed E-state index contributed by atoms with van der Waals surface area (Å²) in [6, 6.07) is 5.47. The molecule has 0 aromatic heterocycles. The van der Waals surface area contributed by atoms with Gasteiger partial charge in [-0.05, 0) is 48.3 Å². The molecule has 19 heavy (non-hydrogen) atoms. The number of nitrogens with two attached hydrogens (primary N) is 1. The molecule has 6 heteroatoms. The monoisotopic (exact) mass is 326 g/mol. The number of nitrogens with zero attached hydrogens (tertiary/aromatic N) is 2. The first-order chi connectivity index (χ1) is 8.93. The molecule has 3 N–H and O–H groups in total.